The second-order valence-electron chi connectivity index (χ2n) is 7.10. The summed E-state index contributed by atoms with van der Waals surface area (Å²) >= 11 is 0. The molecule has 2 aromatic rings. The van der Waals surface area contributed by atoms with Gasteiger partial charge in [0.1, 0.15) is 5.75 Å². The Bertz CT molecular complexity index is 976. The summed E-state index contributed by atoms with van der Waals surface area (Å²) in [5.41, 5.74) is 2.74. The SMILES string of the molecule is CCNC(=O)Cc1nccc2c1CN(C(C)c1ccc(OC(F)(F)F)c(C)c1)C2=O. The summed E-state index contributed by atoms with van der Waals surface area (Å²) in [4.78, 5) is 30.8. The summed E-state index contributed by atoms with van der Waals surface area (Å²) in [6, 6.07) is 5.58. The molecule has 0 saturated carbocycles. The largest absolute Gasteiger partial charge is 0.573 e. The lowest BCUT2D eigenvalue weighted by Crippen LogP contribution is -2.27. The third kappa shape index (κ3) is 4.55. The molecule has 1 N–H and O–H groups in total. The van der Waals surface area contributed by atoms with Crippen molar-refractivity contribution >= 4 is 11.8 Å². The van der Waals surface area contributed by atoms with E-state index in [1.54, 1.807) is 24.0 Å². The molecule has 30 heavy (non-hydrogen) atoms. The Balaban J connectivity index is 1.82. The van der Waals surface area contributed by atoms with Crippen molar-refractivity contribution in [3.05, 3.63) is 58.4 Å². The lowest BCUT2D eigenvalue weighted by atomic mass is 10.0. The predicted octanol–water partition coefficient (Wildman–Crippen LogP) is 3.68. The van der Waals surface area contributed by atoms with Gasteiger partial charge < -0.3 is 15.0 Å². The van der Waals surface area contributed by atoms with Crippen molar-refractivity contribution < 1.29 is 27.5 Å². The van der Waals surface area contributed by atoms with Crippen molar-refractivity contribution in [2.45, 2.75) is 46.1 Å². The molecular weight excluding hydrogens is 399 g/mol. The second-order valence-corrected chi connectivity index (χ2v) is 7.10. The Morgan fingerprint density at radius 3 is 2.70 bits per heavy atom. The van der Waals surface area contributed by atoms with Gasteiger partial charge in [-0.25, -0.2) is 0 Å². The highest BCUT2D eigenvalue weighted by Crippen LogP contribution is 2.34. The Hall–Kier alpha value is -3.10. The van der Waals surface area contributed by atoms with E-state index in [0.29, 0.717) is 34.5 Å². The number of hydrogen-bond acceptors (Lipinski definition) is 4. The zero-order chi connectivity index (χ0) is 22.1. The van der Waals surface area contributed by atoms with Crippen LogP contribution in [0.1, 0.15) is 52.6 Å². The van der Waals surface area contributed by atoms with Crippen LogP contribution in [0.25, 0.3) is 0 Å². The molecule has 0 fully saturated rings. The van der Waals surface area contributed by atoms with Crippen LogP contribution >= 0.6 is 0 Å². The Morgan fingerprint density at radius 1 is 1.33 bits per heavy atom. The fourth-order valence-electron chi connectivity index (χ4n) is 3.54. The molecule has 0 saturated heterocycles. The van der Waals surface area contributed by atoms with Crippen molar-refractivity contribution in [1.29, 1.82) is 0 Å². The van der Waals surface area contributed by atoms with Crippen LogP contribution < -0.4 is 10.1 Å². The van der Waals surface area contributed by atoms with Gasteiger partial charge in [-0.1, -0.05) is 12.1 Å². The maximum atomic E-state index is 12.9. The predicted molar refractivity (Wildman–Crippen MR) is 103 cm³/mol. The number of pyridine rings is 1. The van der Waals surface area contributed by atoms with Gasteiger partial charge in [-0.05, 0) is 44.0 Å². The molecule has 2 amide bonds. The summed E-state index contributed by atoms with van der Waals surface area (Å²) in [7, 11) is 0. The highest BCUT2D eigenvalue weighted by molar-refractivity contribution is 5.99. The molecule has 0 spiro atoms. The smallest absolute Gasteiger partial charge is 0.406 e. The summed E-state index contributed by atoms with van der Waals surface area (Å²) < 4.78 is 41.5. The normalized spacial score (nSPS) is 14.5. The number of fused-ring (bicyclic) bond motifs is 1. The zero-order valence-corrected chi connectivity index (χ0v) is 16.8. The fourth-order valence-corrected chi connectivity index (χ4v) is 3.54. The van der Waals surface area contributed by atoms with E-state index in [0.717, 1.165) is 0 Å². The van der Waals surface area contributed by atoms with Gasteiger partial charge in [-0.15, -0.1) is 13.2 Å². The van der Waals surface area contributed by atoms with Crippen LogP contribution in [-0.2, 0) is 17.8 Å². The number of carbonyl (C=O) groups excluding carboxylic acids is 2. The number of ether oxygens (including phenoxy) is 1. The minimum atomic E-state index is -4.77. The summed E-state index contributed by atoms with van der Waals surface area (Å²) in [5, 5.41) is 2.71. The quantitative estimate of drug-likeness (QED) is 0.773. The zero-order valence-electron chi connectivity index (χ0n) is 16.8. The molecule has 160 valence electrons. The topological polar surface area (TPSA) is 71.5 Å². The van der Waals surface area contributed by atoms with E-state index in [2.05, 4.69) is 15.0 Å². The van der Waals surface area contributed by atoms with Crippen LogP contribution in [0, 0.1) is 6.92 Å². The van der Waals surface area contributed by atoms with E-state index in [1.165, 1.54) is 25.3 Å². The van der Waals surface area contributed by atoms with Crippen molar-refractivity contribution in [1.82, 2.24) is 15.2 Å². The van der Waals surface area contributed by atoms with Crippen LogP contribution in [0.4, 0.5) is 13.2 Å². The van der Waals surface area contributed by atoms with Crippen LogP contribution in [0.15, 0.2) is 30.5 Å². The highest BCUT2D eigenvalue weighted by atomic mass is 19.4. The number of rotatable bonds is 6. The van der Waals surface area contributed by atoms with E-state index in [1.807, 2.05) is 6.92 Å². The number of nitrogens with zero attached hydrogens (tertiary/aromatic N) is 2. The molecular formula is C21H22F3N3O3. The lowest BCUT2D eigenvalue weighted by Gasteiger charge is -2.25. The molecule has 1 unspecified atom stereocenters. The number of amides is 2. The first-order valence-corrected chi connectivity index (χ1v) is 9.51. The van der Waals surface area contributed by atoms with Crippen LogP contribution in [0.5, 0.6) is 5.75 Å². The molecule has 1 aliphatic heterocycles. The molecule has 0 bridgehead atoms. The van der Waals surface area contributed by atoms with Crippen LogP contribution in [0.3, 0.4) is 0 Å². The number of alkyl halides is 3. The van der Waals surface area contributed by atoms with E-state index in [9.17, 15) is 22.8 Å². The average Bonchev–Trinajstić information content (AvgIpc) is 3.00. The summed E-state index contributed by atoms with van der Waals surface area (Å²) in [5.74, 6) is -0.651. The van der Waals surface area contributed by atoms with Crippen molar-refractivity contribution in [3.63, 3.8) is 0 Å². The average molecular weight is 421 g/mol. The Kier molecular flexibility index (Phi) is 6.00. The summed E-state index contributed by atoms with van der Waals surface area (Å²) in [6.07, 6.45) is -3.18. The second kappa shape index (κ2) is 8.33. The van der Waals surface area contributed by atoms with E-state index in [4.69, 9.17) is 0 Å². The molecule has 3 rings (SSSR count). The maximum absolute atomic E-state index is 12.9. The molecule has 1 atom stereocenters. The highest BCUT2D eigenvalue weighted by Gasteiger charge is 2.35. The third-order valence-corrected chi connectivity index (χ3v) is 5.04. The number of benzene rings is 1. The van der Waals surface area contributed by atoms with E-state index < -0.39 is 6.36 Å². The van der Waals surface area contributed by atoms with Gasteiger partial charge >= 0.3 is 6.36 Å². The van der Waals surface area contributed by atoms with Gasteiger partial charge in [0.15, 0.2) is 0 Å². The molecule has 1 aromatic heterocycles. The monoisotopic (exact) mass is 421 g/mol. The number of nitrogens with one attached hydrogen (secondary N) is 1. The first-order valence-electron chi connectivity index (χ1n) is 9.51. The number of aromatic nitrogens is 1. The van der Waals surface area contributed by atoms with Gasteiger partial charge in [-0.2, -0.15) is 0 Å². The maximum Gasteiger partial charge on any atom is 0.573 e. The number of aryl methyl sites for hydroxylation is 1. The lowest BCUT2D eigenvalue weighted by molar-refractivity contribution is -0.274. The number of likely N-dealkylation sites (N-methyl/N-ethyl adjacent to an activating group) is 1. The van der Waals surface area contributed by atoms with Gasteiger partial charge in [0.05, 0.1) is 18.2 Å². The van der Waals surface area contributed by atoms with E-state index >= 15 is 0 Å². The van der Waals surface area contributed by atoms with Gasteiger partial charge in [0, 0.05) is 30.4 Å². The van der Waals surface area contributed by atoms with Gasteiger partial charge in [0.25, 0.3) is 5.91 Å². The molecule has 1 aromatic carbocycles. The fraction of sp³-hybridized carbons (Fsp3) is 0.381. The minimum absolute atomic E-state index is 0.0785. The van der Waals surface area contributed by atoms with Crippen LogP contribution in [0.2, 0.25) is 0 Å². The molecule has 9 heteroatoms. The van der Waals surface area contributed by atoms with Crippen molar-refractivity contribution in [3.8, 4) is 5.75 Å². The molecule has 2 heterocycles. The molecule has 0 radical (unpaired) electrons. The molecule has 1 aliphatic rings. The third-order valence-electron chi connectivity index (χ3n) is 5.04. The van der Waals surface area contributed by atoms with Gasteiger partial charge in [-0.3, -0.25) is 14.6 Å². The Labute approximate surface area is 172 Å². The van der Waals surface area contributed by atoms with Gasteiger partial charge in [0.2, 0.25) is 5.91 Å². The number of halogens is 3. The number of hydrogen-bond donors (Lipinski definition) is 1. The standard InChI is InChI=1S/C21H22F3N3O3/c1-4-25-19(28)10-17-16-11-27(20(29)15(16)7-8-26-17)13(3)14-5-6-18(12(2)9-14)30-21(22,23)24/h5-9,13H,4,10-11H2,1-3H3,(H,25,28). The molecule has 6 nitrogen and oxygen atoms in total. The Morgan fingerprint density at radius 2 is 2.07 bits per heavy atom. The number of carbonyl (C=O) groups is 2. The van der Waals surface area contributed by atoms with Crippen molar-refractivity contribution in [2.24, 2.45) is 0 Å². The summed E-state index contributed by atoms with van der Waals surface area (Å²) in [6.45, 7) is 5.92. The first-order chi connectivity index (χ1) is 14.1. The van der Waals surface area contributed by atoms with E-state index in [-0.39, 0.29) is 36.6 Å². The van der Waals surface area contributed by atoms with Crippen LogP contribution in [-0.4, -0.2) is 34.6 Å². The first kappa shape index (κ1) is 21.6. The molecule has 0 aliphatic carbocycles. The minimum Gasteiger partial charge on any atom is -0.406 e. The van der Waals surface area contributed by atoms with Crippen molar-refractivity contribution in [2.75, 3.05) is 6.54 Å².